The molecule has 3 N–H and O–H groups in total. The molecule has 2 aromatic rings. The fraction of sp³-hybridized carbons (Fsp3) is 0.273. The number of para-hydroxylation sites is 1. The number of rotatable bonds is 2. The van der Waals surface area contributed by atoms with Gasteiger partial charge in [-0.2, -0.15) is 0 Å². The summed E-state index contributed by atoms with van der Waals surface area (Å²) >= 11 is 0. The molecule has 0 spiro atoms. The molecule has 1 heterocycles. The first-order valence-electron chi connectivity index (χ1n) is 4.64. The number of fused-ring (bicyclic) bond motifs is 1. The number of H-pyrrole nitrogens is 1. The molecule has 1 aromatic heterocycles. The summed E-state index contributed by atoms with van der Waals surface area (Å²) in [6.45, 7) is 2.10. The van der Waals surface area contributed by atoms with Gasteiger partial charge >= 0.3 is 0 Å². The van der Waals surface area contributed by atoms with Gasteiger partial charge in [-0.1, -0.05) is 25.1 Å². The minimum atomic E-state index is 0. The molecule has 2 rings (SSSR count). The zero-order valence-corrected chi connectivity index (χ0v) is 8.97. The summed E-state index contributed by atoms with van der Waals surface area (Å²) < 4.78 is 0. The van der Waals surface area contributed by atoms with Crippen molar-refractivity contribution in [3.8, 4) is 0 Å². The number of benzene rings is 1. The van der Waals surface area contributed by atoms with Gasteiger partial charge in [-0.3, -0.25) is 0 Å². The normalized spacial score (nSPS) is 12.4. The number of nitrogens with two attached hydrogens (primary N) is 1. The fourth-order valence-corrected chi connectivity index (χ4v) is 1.62. The van der Waals surface area contributed by atoms with Gasteiger partial charge in [0.2, 0.25) is 0 Å². The molecular formula is C11H15ClN2. The molecule has 0 saturated heterocycles. The summed E-state index contributed by atoms with van der Waals surface area (Å²) in [5.41, 5.74) is 8.37. The number of halogens is 1. The molecular weight excluding hydrogens is 196 g/mol. The van der Waals surface area contributed by atoms with Crippen molar-refractivity contribution in [3.63, 3.8) is 0 Å². The van der Waals surface area contributed by atoms with E-state index in [0.717, 1.165) is 6.42 Å². The molecule has 76 valence electrons. The van der Waals surface area contributed by atoms with E-state index in [1.54, 1.807) is 0 Å². The summed E-state index contributed by atoms with van der Waals surface area (Å²) in [5, 5.41) is 1.25. The van der Waals surface area contributed by atoms with Crippen LogP contribution in [-0.2, 0) is 0 Å². The average molecular weight is 211 g/mol. The second kappa shape index (κ2) is 4.49. The average Bonchev–Trinajstić information content (AvgIpc) is 2.60. The van der Waals surface area contributed by atoms with Crippen LogP contribution in [0.3, 0.4) is 0 Å². The van der Waals surface area contributed by atoms with Gasteiger partial charge < -0.3 is 10.7 Å². The van der Waals surface area contributed by atoms with Gasteiger partial charge in [-0.05, 0) is 18.1 Å². The van der Waals surface area contributed by atoms with Crippen LogP contribution in [0.5, 0.6) is 0 Å². The lowest BCUT2D eigenvalue weighted by atomic mass is 10.1. The summed E-state index contributed by atoms with van der Waals surface area (Å²) in [6.07, 6.45) is 2.99. The van der Waals surface area contributed by atoms with Crippen LogP contribution in [0.25, 0.3) is 10.9 Å². The molecule has 1 atom stereocenters. The number of aromatic nitrogens is 1. The van der Waals surface area contributed by atoms with Crippen molar-refractivity contribution >= 4 is 23.3 Å². The molecule has 0 aliphatic heterocycles. The topological polar surface area (TPSA) is 41.8 Å². The zero-order valence-electron chi connectivity index (χ0n) is 8.16. The van der Waals surface area contributed by atoms with Gasteiger partial charge in [0.25, 0.3) is 0 Å². The van der Waals surface area contributed by atoms with E-state index < -0.39 is 0 Å². The molecule has 0 amide bonds. The van der Waals surface area contributed by atoms with Gasteiger partial charge in [-0.25, -0.2) is 0 Å². The zero-order chi connectivity index (χ0) is 9.26. The predicted octanol–water partition coefficient (Wildman–Crippen LogP) is 3.00. The van der Waals surface area contributed by atoms with Crippen molar-refractivity contribution in [2.45, 2.75) is 19.4 Å². The molecule has 0 aliphatic carbocycles. The van der Waals surface area contributed by atoms with Crippen molar-refractivity contribution in [1.29, 1.82) is 0 Å². The standard InChI is InChI=1S/C11H14N2.ClH/c1-2-10(12)9-7-13-11-6-4-3-5-8(9)11;/h3-7,10,13H,2,12H2,1H3;1H/t10-;/m1./s1. The van der Waals surface area contributed by atoms with E-state index in [1.165, 1.54) is 16.5 Å². The number of aromatic amines is 1. The summed E-state index contributed by atoms with van der Waals surface area (Å²) in [5.74, 6) is 0. The van der Waals surface area contributed by atoms with Gasteiger partial charge in [0.15, 0.2) is 0 Å². The highest BCUT2D eigenvalue weighted by Crippen LogP contribution is 2.23. The highest BCUT2D eigenvalue weighted by atomic mass is 35.5. The van der Waals surface area contributed by atoms with Crippen LogP contribution in [0.15, 0.2) is 30.5 Å². The van der Waals surface area contributed by atoms with Gasteiger partial charge in [0.1, 0.15) is 0 Å². The number of hydrogen-bond donors (Lipinski definition) is 2. The predicted molar refractivity (Wildman–Crippen MR) is 62.8 cm³/mol. The van der Waals surface area contributed by atoms with Crippen LogP contribution in [0.1, 0.15) is 24.9 Å². The van der Waals surface area contributed by atoms with E-state index in [2.05, 4.69) is 24.0 Å². The summed E-state index contributed by atoms with van der Waals surface area (Å²) in [6, 6.07) is 8.40. The smallest absolute Gasteiger partial charge is 0.0457 e. The Kier molecular flexibility index (Phi) is 3.55. The van der Waals surface area contributed by atoms with Crippen molar-refractivity contribution in [1.82, 2.24) is 4.98 Å². The van der Waals surface area contributed by atoms with E-state index in [-0.39, 0.29) is 18.4 Å². The first-order valence-corrected chi connectivity index (χ1v) is 4.64. The maximum Gasteiger partial charge on any atom is 0.0457 e. The Morgan fingerprint density at radius 1 is 1.36 bits per heavy atom. The Morgan fingerprint density at radius 3 is 2.79 bits per heavy atom. The molecule has 0 aliphatic rings. The Balaban J connectivity index is 0.000000980. The van der Waals surface area contributed by atoms with Crippen LogP contribution in [-0.4, -0.2) is 4.98 Å². The molecule has 1 aromatic carbocycles. The molecule has 2 nitrogen and oxygen atoms in total. The third kappa shape index (κ3) is 1.76. The minimum absolute atomic E-state index is 0. The van der Waals surface area contributed by atoms with E-state index >= 15 is 0 Å². The SMILES string of the molecule is CC[C@@H](N)c1c[nH]c2ccccc12.Cl. The summed E-state index contributed by atoms with van der Waals surface area (Å²) in [7, 11) is 0. The third-order valence-corrected chi connectivity index (χ3v) is 2.46. The second-order valence-corrected chi connectivity index (χ2v) is 3.30. The van der Waals surface area contributed by atoms with Crippen molar-refractivity contribution in [2.75, 3.05) is 0 Å². The maximum atomic E-state index is 5.98. The first-order chi connectivity index (χ1) is 6.33. The number of hydrogen-bond acceptors (Lipinski definition) is 1. The van der Waals surface area contributed by atoms with Crippen LogP contribution >= 0.6 is 12.4 Å². The van der Waals surface area contributed by atoms with Crippen LogP contribution in [0.2, 0.25) is 0 Å². The van der Waals surface area contributed by atoms with Crippen LogP contribution in [0, 0.1) is 0 Å². The Bertz CT molecular complexity index is 408. The lowest BCUT2D eigenvalue weighted by molar-refractivity contribution is 0.704. The van der Waals surface area contributed by atoms with Gasteiger partial charge in [0.05, 0.1) is 0 Å². The van der Waals surface area contributed by atoms with Crippen LogP contribution in [0.4, 0.5) is 0 Å². The van der Waals surface area contributed by atoms with E-state index in [4.69, 9.17) is 5.73 Å². The Morgan fingerprint density at radius 2 is 2.07 bits per heavy atom. The largest absolute Gasteiger partial charge is 0.361 e. The maximum absolute atomic E-state index is 5.98. The summed E-state index contributed by atoms with van der Waals surface area (Å²) in [4.78, 5) is 3.22. The molecule has 0 unspecified atom stereocenters. The quantitative estimate of drug-likeness (QED) is 0.786. The lowest BCUT2D eigenvalue weighted by Gasteiger charge is -2.06. The molecule has 0 radical (unpaired) electrons. The van der Waals surface area contributed by atoms with Crippen molar-refractivity contribution in [2.24, 2.45) is 5.73 Å². The fourth-order valence-electron chi connectivity index (χ4n) is 1.62. The minimum Gasteiger partial charge on any atom is -0.361 e. The van der Waals surface area contributed by atoms with E-state index in [9.17, 15) is 0 Å². The van der Waals surface area contributed by atoms with Gasteiger partial charge in [-0.15, -0.1) is 12.4 Å². The van der Waals surface area contributed by atoms with E-state index in [1.807, 2.05) is 18.3 Å². The van der Waals surface area contributed by atoms with E-state index in [0.29, 0.717) is 0 Å². The highest BCUT2D eigenvalue weighted by Gasteiger charge is 2.08. The lowest BCUT2D eigenvalue weighted by Crippen LogP contribution is -2.07. The molecule has 0 saturated carbocycles. The molecule has 14 heavy (non-hydrogen) atoms. The Labute approximate surface area is 89.9 Å². The molecule has 0 fully saturated rings. The number of nitrogens with one attached hydrogen (secondary N) is 1. The molecule has 3 heteroatoms. The van der Waals surface area contributed by atoms with Gasteiger partial charge in [0, 0.05) is 23.1 Å². The monoisotopic (exact) mass is 210 g/mol. The first kappa shape index (κ1) is 11.1. The Hall–Kier alpha value is -0.990. The highest BCUT2D eigenvalue weighted by molar-refractivity contribution is 5.85. The molecule has 0 bridgehead atoms. The third-order valence-electron chi connectivity index (χ3n) is 2.46. The second-order valence-electron chi connectivity index (χ2n) is 3.30. The van der Waals surface area contributed by atoms with Crippen LogP contribution < -0.4 is 5.73 Å². The van der Waals surface area contributed by atoms with Crippen molar-refractivity contribution < 1.29 is 0 Å². The van der Waals surface area contributed by atoms with Crippen molar-refractivity contribution in [3.05, 3.63) is 36.0 Å².